The minimum Gasteiger partial charge on any atom is -0.481 e. The molecule has 2 atom stereocenters. The van der Waals surface area contributed by atoms with Gasteiger partial charge >= 0.3 is 5.97 Å². The molecule has 0 saturated carbocycles. The molecule has 2 heterocycles. The number of nitrogens with two attached hydrogens (primary N) is 1. The number of thiazole rings is 1. The molecule has 216 valence electrons. The van der Waals surface area contributed by atoms with Crippen molar-refractivity contribution in [2.75, 3.05) is 24.3 Å². The third kappa shape index (κ3) is 6.82. The zero-order valence-corrected chi connectivity index (χ0v) is 22.9. The number of aliphatic carboxylic acids is 1. The molecule has 0 radical (unpaired) electrons. The summed E-state index contributed by atoms with van der Waals surface area (Å²) in [5.74, 6) is -3.73. The SMILES string of the molecule is CO/N=C(/C(=O)NC1N=C(c2ccccc2)c2ccccc2N(CC(=O)N[C@H](C=O)CC(=O)O)C1=O)c1csc(N)n1. The summed E-state index contributed by atoms with van der Waals surface area (Å²) in [5, 5.41) is 19.3. The van der Waals surface area contributed by atoms with Gasteiger partial charge < -0.3 is 31.1 Å². The van der Waals surface area contributed by atoms with Gasteiger partial charge in [0.05, 0.1) is 23.9 Å². The summed E-state index contributed by atoms with van der Waals surface area (Å²) in [6.45, 7) is -0.606. The zero-order chi connectivity index (χ0) is 30.2. The number of aromatic nitrogens is 1. The molecule has 2 aromatic carbocycles. The molecule has 14 nitrogen and oxygen atoms in total. The number of oxime groups is 1. The summed E-state index contributed by atoms with van der Waals surface area (Å²) < 4.78 is 0. The first-order chi connectivity index (χ1) is 20.2. The van der Waals surface area contributed by atoms with Crippen molar-refractivity contribution in [2.45, 2.75) is 18.6 Å². The Bertz CT molecular complexity index is 1570. The largest absolute Gasteiger partial charge is 0.481 e. The first-order valence-corrected chi connectivity index (χ1v) is 13.2. The molecule has 1 aliphatic rings. The maximum Gasteiger partial charge on any atom is 0.305 e. The second kappa shape index (κ2) is 13.3. The number of hydrogen-bond donors (Lipinski definition) is 4. The average Bonchev–Trinajstić information content (AvgIpc) is 3.37. The van der Waals surface area contributed by atoms with Crippen molar-refractivity contribution in [1.82, 2.24) is 15.6 Å². The van der Waals surface area contributed by atoms with E-state index in [0.717, 1.165) is 16.2 Å². The van der Waals surface area contributed by atoms with E-state index in [0.29, 0.717) is 28.8 Å². The van der Waals surface area contributed by atoms with E-state index in [-0.39, 0.29) is 16.5 Å². The van der Waals surface area contributed by atoms with Gasteiger partial charge in [0.25, 0.3) is 11.8 Å². The van der Waals surface area contributed by atoms with Crippen molar-refractivity contribution in [2.24, 2.45) is 10.1 Å². The number of nitrogens with one attached hydrogen (secondary N) is 2. The van der Waals surface area contributed by atoms with E-state index in [1.54, 1.807) is 54.6 Å². The zero-order valence-electron chi connectivity index (χ0n) is 22.1. The predicted molar refractivity (Wildman–Crippen MR) is 153 cm³/mol. The van der Waals surface area contributed by atoms with Gasteiger partial charge in [0.2, 0.25) is 12.1 Å². The molecule has 1 aromatic heterocycles. The Morgan fingerprint density at radius 1 is 1.19 bits per heavy atom. The third-order valence-electron chi connectivity index (χ3n) is 5.89. The summed E-state index contributed by atoms with van der Waals surface area (Å²) in [6, 6.07) is 14.3. The predicted octanol–water partition coefficient (Wildman–Crippen LogP) is 0.561. The van der Waals surface area contributed by atoms with Gasteiger partial charge in [0, 0.05) is 16.5 Å². The lowest BCUT2D eigenvalue weighted by Crippen LogP contribution is -2.52. The Kier molecular flexibility index (Phi) is 9.34. The maximum atomic E-state index is 14.0. The van der Waals surface area contributed by atoms with Crippen LogP contribution in [0.15, 0.2) is 70.1 Å². The van der Waals surface area contributed by atoms with Crippen LogP contribution in [0.5, 0.6) is 0 Å². The Labute approximate surface area is 242 Å². The van der Waals surface area contributed by atoms with Crippen LogP contribution < -0.4 is 21.3 Å². The number of anilines is 2. The molecule has 42 heavy (non-hydrogen) atoms. The highest BCUT2D eigenvalue weighted by atomic mass is 32.1. The normalized spacial score (nSPS) is 15.5. The topological polar surface area (TPSA) is 206 Å². The number of benzene rings is 2. The number of nitrogen functional groups attached to an aromatic ring is 1. The summed E-state index contributed by atoms with van der Waals surface area (Å²) >= 11 is 1.07. The van der Waals surface area contributed by atoms with Crippen LogP contribution in [-0.2, 0) is 28.8 Å². The number of carboxylic acid groups (broad SMARTS) is 1. The highest BCUT2D eigenvalue weighted by molar-refractivity contribution is 7.13. The molecular weight excluding hydrogens is 566 g/mol. The second-order valence-corrected chi connectivity index (χ2v) is 9.65. The monoisotopic (exact) mass is 591 g/mol. The fourth-order valence-corrected chi connectivity index (χ4v) is 4.66. The van der Waals surface area contributed by atoms with Gasteiger partial charge in [-0.3, -0.25) is 24.1 Å². The molecule has 0 aliphatic carbocycles. The number of hydrogen-bond acceptors (Lipinski definition) is 11. The van der Waals surface area contributed by atoms with Crippen molar-refractivity contribution in [3.63, 3.8) is 0 Å². The number of amides is 3. The van der Waals surface area contributed by atoms with Gasteiger partial charge in [-0.05, 0) is 6.07 Å². The molecular formula is C27H25N7O7S. The molecule has 15 heteroatoms. The number of carbonyl (C=O) groups excluding carboxylic acids is 4. The molecule has 1 aliphatic heterocycles. The number of carboxylic acids is 1. The molecule has 3 aromatic rings. The molecule has 4 rings (SSSR count). The highest BCUT2D eigenvalue weighted by Crippen LogP contribution is 2.28. The molecule has 0 spiro atoms. The molecule has 0 fully saturated rings. The number of carbonyl (C=O) groups is 5. The van der Waals surface area contributed by atoms with Crippen LogP contribution in [0.1, 0.15) is 23.2 Å². The molecule has 5 N–H and O–H groups in total. The van der Waals surface area contributed by atoms with Gasteiger partial charge in [-0.15, -0.1) is 11.3 Å². The third-order valence-corrected chi connectivity index (χ3v) is 6.57. The van der Waals surface area contributed by atoms with Gasteiger partial charge in [0.15, 0.2) is 10.8 Å². The maximum absolute atomic E-state index is 14.0. The minimum atomic E-state index is -1.55. The second-order valence-electron chi connectivity index (χ2n) is 8.76. The number of para-hydroxylation sites is 1. The first-order valence-electron chi connectivity index (χ1n) is 12.4. The first kappa shape index (κ1) is 29.5. The molecule has 0 bridgehead atoms. The van der Waals surface area contributed by atoms with E-state index in [1.165, 1.54) is 12.5 Å². The standard InChI is InChI=1S/C27H25N7O7S/c1-41-33-23(18-14-42-27(28)30-18)25(39)32-24-26(40)34(12-20(36)29-16(13-35)11-21(37)38)19-10-6-5-9-17(19)22(31-24)15-7-3-2-4-8-15/h2-10,13-14,16,24H,11-12H2,1H3,(H2,28,30)(H,29,36)(H,32,39)(H,37,38)/b33-23+/t16-,24?/m0/s1. The number of aliphatic imine (C=N–C) groups is 1. The Morgan fingerprint density at radius 2 is 1.90 bits per heavy atom. The summed E-state index contributed by atoms with van der Waals surface area (Å²) in [6.07, 6.45) is -1.89. The number of fused-ring (bicyclic) bond motifs is 1. The Balaban J connectivity index is 1.75. The van der Waals surface area contributed by atoms with Crippen LogP contribution in [-0.4, -0.2) is 77.4 Å². The Hall–Kier alpha value is -5.44. The van der Waals surface area contributed by atoms with Crippen molar-refractivity contribution in [3.05, 3.63) is 76.8 Å². The minimum absolute atomic E-state index is 0.114. The Morgan fingerprint density at radius 3 is 2.55 bits per heavy atom. The quantitative estimate of drug-likeness (QED) is 0.139. The lowest BCUT2D eigenvalue weighted by molar-refractivity contribution is -0.138. The van der Waals surface area contributed by atoms with Crippen LogP contribution in [0.3, 0.4) is 0 Å². The average molecular weight is 592 g/mol. The van der Waals surface area contributed by atoms with Crippen LogP contribution in [0.25, 0.3) is 0 Å². The molecule has 1 unspecified atom stereocenters. The van der Waals surface area contributed by atoms with E-state index < -0.39 is 48.9 Å². The van der Waals surface area contributed by atoms with Crippen LogP contribution in [0.2, 0.25) is 0 Å². The molecule has 3 amide bonds. The van der Waals surface area contributed by atoms with Crippen LogP contribution in [0.4, 0.5) is 10.8 Å². The van der Waals surface area contributed by atoms with E-state index in [9.17, 15) is 24.0 Å². The van der Waals surface area contributed by atoms with Crippen LogP contribution >= 0.6 is 11.3 Å². The lowest BCUT2D eigenvalue weighted by Gasteiger charge is -2.25. The number of nitrogens with zero attached hydrogens (tertiary/aromatic N) is 4. The summed E-state index contributed by atoms with van der Waals surface area (Å²) in [7, 11) is 1.24. The van der Waals surface area contributed by atoms with Gasteiger partial charge in [-0.25, -0.2) is 9.98 Å². The van der Waals surface area contributed by atoms with Crippen molar-refractivity contribution >= 4 is 63.6 Å². The van der Waals surface area contributed by atoms with E-state index in [4.69, 9.17) is 15.7 Å². The van der Waals surface area contributed by atoms with Gasteiger partial charge in [0.1, 0.15) is 25.6 Å². The van der Waals surface area contributed by atoms with Gasteiger partial charge in [-0.2, -0.15) is 0 Å². The fraction of sp³-hybridized carbons (Fsp3) is 0.185. The van der Waals surface area contributed by atoms with Gasteiger partial charge in [-0.1, -0.05) is 53.7 Å². The number of aldehydes is 1. The summed E-state index contributed by atoms with van der Waals surface area (Å²) in [4.78, 5) is 77.3. The smallest absolute Gasteiger partial charge is 0.305 e. The van der Waals surface area contributed by atoms with Crippen molar-refractivity contribution in [1.29, 1.82) is 0 Å². The van der Waals surface area contributed by atoms with Crippen molar-refractivity contribution in [3.8, 4) is 0 Å². The van der Waals surface area contributed by atoms with E-state index in [1.807, 2.05) is 0 Å². The van der Waals surface area contributed by atoms with Crippen molar-refractivity contribution < 1.29 is 33.9 Å². The molecule has 0 saturated heterocycles. The highest BCUT2D eigenvalue weighted by Gasteiger charge is 2.35. The number of rotatable bonds is 11. The fourth-order valence-electron chi connectivity index (χ4n) is 4.11. The summed E-state index contributed by atoms with van der Waals surface area (Å²) in [5.41, 5.74) is 7.33. The van der Waals surface area contributed by atoms with E-state index >= 15 is 0 Å². The number of benzodiazepines with no additional fused rings is 1. The lowest BCUT2D eigenvalue weighted by atomic mass is 10.0. The van der Waals surface area contributed by atoms with E-state index in [2.05, 4.69) is 25.8 Å². The van der Waals surface area contributed by atoms with Crippen LogP contribution in [0, 0.1) is 0 Å².